The van der Waals surface area contributed by atoms with E-state index >= 15 is 0 Å². The van der Waals surface area contributed by atoms with Crippen LogP contribution in [0.1, 0.15) is 35.4 Å². The van der Waals surface area contributed by atoms with Crippen LogP contribution in [0.5, 0.6) is 0 Å². The van der Waals surface area contributed by atoms with E-state index in [0.717, 1.165) is 43.0 Å². The lowest BCUT2D eigenvalue weighted by Gasteiger charge is -2.09. The van der Waals surface area contributed by atoms with Crippen molar-refractivity contribution in [2.24, 2.45) is 0 Å². The third-order valence-electron chi connectivity index (χ3n) is 4.60. The quantitative estimate of drug-likeness (QED) is 0.775. The Morgan fingerprint density at radius 3 is 2.69 bits per heavy atom. The van der Waals surface area contributed by atoms with Crippen molar-refractivity contribution in [2.45, 2.75) is 32.2 Å². The Morgan fingerprint density at radius 2 is 1.88 bits per heavy atom. The molecule has 1 aromatic heterocycles. The van der Waals surface area contributed by atoms with E-state index in [1.807, 2.05) is 24.3 Å². The van der Waals surface area contributed by atoms with E-state index in [0.29, 0.717) is 5.69 Å². The van der Waals surface area contributed by atoms with E-state index in [4.69, 9.17) is 0 Å². The number of nitrogens with one attached hydrogen (secondary N) is 1. The van der Waals surface area contributed by atoms with E-state index in [-0.39, 0.29) is 11.5 Å². The molecule has 1 aliphatic heterocycles. The molecule has 1 N–H and O–H groups in total. The van der Waals surface area contributed by atoms with Gasteiger partial charge in [0.25, 0.3) is 5.91 Å². The van der Waals surface area contributed by atoms with Gasteiger partial charge in [-0.2, -0.15) is 0 Å². The number of halogens is 1. The SMILES string of the molecule is O=C(Nc1ccc(-c2nnc3n2CCCCC3)cc1)c1cccc(F)c1. The molecule has 0 saturated heterocycles. The highest BCUT2D eigenvalue weighted by Gasteiger charge is 2.16. The van der Waals surface area contributed by atoms with Crippen molar-refractivity contribution in [1.29, 1.82) is 0 Å². The normalized spacial score (nSPS) is 13.7. The molecule has 0 saturated carbocycles. The predicted octanol–water partition coefficient (Wildman–Crippen LogP) is 4.06. The van der Waals surface area contributed by atoms with Crippen LogP contribution in [0.4, 0.5) is 10.1 Å². The fourth-order valence-electron chi connectivity index (χ4n) is 3.23. The highest BCUT2D eigenvalue weighted by molar-refractivity contribution is 6.04. The summed E-state index contributed by atoms with van der Waals surface area (Å²) >= 11 is 0. The molecule has 26 heavy (non-hydrogen) atoms. The summed E-state index contributed by atoms with van der Waals surface area (Å²) in [5.74, 6) is 1.14. The smallest absolute Gasteiger partial charge is 0.255 e. The molecule has 0 bridgehead atoms. The van der Waals surface area contributed by atoms with Crippen LogP contribution in [0.25, 0.3) is 11.4 Å². The number of benzene rings is 2. The Balaban J connectivity index is 1.52. The van der Waals surface area contributed by atoms with Gasteiger partial charge in [-0.25, -0.2) is 4.39 Å². The van der Waals surface area contributed by atoms with Gasteiger partial charge >= 0.3 is 0 Å². The van der Waals surface area contributed by atoms with E-state index in [1.165, 1.54) is 24.6 Å². The monoisotopic (exact) mass is 350 g/mol. The minimum atomic E-state index is -0.430. The summed E-state index contributed by atoms with van der Waals surface area (Å²) in [5, 5.41) is 11.4. The summed E-state index contributed by atoms with van der Waals surface area (Å²) in [5.41, 5.74) is 1.91. The highest BCUT2D eigenvalue weighted by Crippen LogP contribution is 2.24. The zero-order valence-electron chi connectivity index (χ0n) is 14.3. The Bertz CT molecular complexity index is 933. The van der Waals surface area contributed by atoms with Gasteiger partial charge in [-0.15, -0.1) is 10.2 Å². The van der Waals surface area contributed by atoms with Crippen LogP contribution in [-0.4, -0.2) is 20.7 Å². The number of fused-ring (bicyclic) bond motifs is 1. The number of amides is 1. The van der Waals surface area contributed by atoms with Gasteiger partial charge < -0.3 is 9.88 Å². The van der Waals surface area contributed by atoms with E-state index < -0.39 is 5.82 Å². The van der Waals surface area contributed by atoms with Crippen LogP contribution in [0, 0.1) is 5.82 Å². The summed E-state index contributed by atoms with van der Waals surface area (Å²) < 4.78 is 15.4. The van der Waals surface area contributed by atoms with Crippen molar-refractivity contribution >= 4 is 11.6 Å². The van der Waals surface area contributed by atoms with Crippen molar-refractivity contribution in [1.82, 2.24) is 14.8 Å². The second-order valence-electron chi connectivity index (χ2n) is 6.44. The molecule has 0 radical (unpaired) electrons. The first-order valence-electron chi connectivity index (χ1n) is 8.80. The van der Waals surface area contributed by atoms with Crippen molar-refractivity contribution < 1.29 is 9.18 Å². The maximum atomic E-state index is 13.2. The Kier molecular flexibility index (Phi) is 4.48. The van der Waals surface area contributed by atoms with Gasteiger partial charge in [-0.3, -0.25) is 4.79 Å². The molecule has 1 aliphatic rings. The van der Waals surface area contributed by atoms with Crippen molar-refractivity contribution in [3.63, 3.8) is 0 Å². The molecule has 0 atom stereocenters. The number of aryl methyl sites for hydroxylation is 1. The third kappa shape index (κ3) is 3.35. The highest BCUT2D eigenvalue weighted by atomic mass is 19.1. The molecular weight excluding hydrogens is 331 g/mol. The minimum absolute atomic E-state index is 0.289. The van der Waals surface area contributed by atoms with Crippen LogP contribution in [0.2, 0.25) is 0 Å². The van der Waals surface area contributed by atoms with Gasteiger partial charge in [0.15, 0.2) is 5.82 Å². The number of hydrogen-bond acceptors (Lipinski definition) is 3. The summed E-state index contributed by atoms with van der Waals surface area (Å²) in [6, 6.07) is 13.1. The Hall–Kier alpha value is -3.02. The van der Waals surface area contributed by atoms with E-state index in [9.17, 15) is 9.18 Å². The van der Waals surface area contributed by atoms with Crippen LogP contribution in [0.3, 0.4) is 0 Å². The lowest BCUT2D eigenvalue weighted by Crippen LogP contribution is -2.12. The topological polar surface area (TPSA) is 59.8 Å². The average Bonchev–Trinajstić information content (AvgIpc) is 2.90. The zero-order chi connectivity index (χ0) is 17.9. The number of rotatable bonds is 3. The molecule has 1 amide bonds. The number of carbonyl (C=O) groups is 1. The fourth-order valence-corrected chi connectivity index (χ4v) is 3.23. The zero-order valence-corrected chi connectivity index (χ0v) is 14.3. The Labute approximate surface area is 150 Å². The number of anilines is 1. The molecule has 0 unspecified atom stereocenters. The van der Waals surface area contributed by atoms with E-state index in [2.05, 4.69) is 20.1 Å². The fraction of sp³-hybridized carbons (Fsp3) is 0.250. The molecule has 2 heterocycles. The first-order valence-corrected chi connectivity index (χ1v) is 8.80. The first-order chi connectivity index (χ1) is 12.7. The molecule has 5 nitrogen and oxygen atoms in total. The maximum absolute atomic E-state index is 13.2. The summed E-state index contributed by atoms with van der Waals surface area (Å²) in [4.78, 5) is 12.2. The molecule has 6 heteroatoms. The molecule has 0 aliphatic carbocycles. The Morgan fingerprint density at radius 1 is 1.04 bits per heavy atom. The van der Waals surface area contributed by atoms with Crippen LogP contribution in [0.15, 0.2) is 48.5 Å². The molecule has 0 spiro atoms. The second-order valence-corrected chi connectivity index (χ2v) is 6.44. The largest absolute Gasteiger partial charge is 0.322 e. The van der Waals surface area contributed by atoms with Crippen LogP contribution in [-0.2, 0) is 13.0 Å². The van der Waals surface area contributed by atoms with Gasteiger partial charge in [-0.05, 0) is 55.3 Å². The predicted molar refractivity (Wildman–Crippen MR) is 97.4 cm³/mol. The second kappa shape index (κ2) is 7.07. The standard InChI is InChI=1S/C20H19FN4O/c21-16-6-4-5-15(13-16)20(26)22-17-10-8-14(9-11-17)19-24-23-18-7-2-1-3-12-25(18)19/h4-6,8-11,13H,1-3,7,12H2,(H,22,26). The van der Waals surface area contributed by atoms with Crippen LogP contribution < -0.4 is 5.32 Å². The third-order valence-corrected chi connectivity index (χ3v) is 4.60. The number of carbonyl (C=O) groups excluding carboxylic acids is 1. The molecule has 2 aromatic carbocycles. The summed E-state index contributed by atoms with van der Waals surface area (Å²) in [6.45, 7) is 0.940. The number of hydrogen-bond donors (Lipinski definition) is 1. The molecular formula is C20H19FN4O. The van der Waals surface area contributed by atoms with Gasteiger partial charge in [0.05, 0.1) is 0 Å². The van der Waals surface area contributed by atoms with Crippen LogP contribution >= 0.6 is 0 Å². The maximum Gasteiger partial charge on any atom is 0.255 e. The lowest BCUT2D eigenvalue weighted by atomic mass is 10.1. The first kappa shape index (κ1) is 16.4. The van der Waals surface area contributed by atoms with Gasteiger partial charge in [0, 0.05) is 29.8 Å². The van der Waals surface area contributed by atoms with E-state index in [1.54, 1.807) is 6.07 Å². The average molecular weight is 350 g/mol. The van der Waals surface area contributed by atoms with Gasteiger partial charge in [0.1, 0.15) is 11.6 Å². The van der Waals surface area contributed by atoms with Gasteiger partial charge in [0.2, 0.25) is 0 Å². The minimum Gasteiger partial charge on any atom is -0.322 e. The van der Waals surface area contributed by atoms with Crippen molar-refractivity contribution in [2.75, 3.05) is 5.32 Å². The van der Waals surface area contributed by atoms with Crippen molar-refractivity contribution in [3.05, 3.63) is 65.7 Å². The molecule has 4 rings (SSSR count). The number of aromatic nitrogens is 3. The molecule has 3 aromatic rings. The lowest BCUT2D eigenvalue weighted by molar-refractivity contribution is 0.102. The summed E-state index contributed by atoms with van der Waals surface area (Å²) in [7, 11) is 0. The summed E-state index contributed by atoms with van der Waals surface area (Å²) in [6.07, 6.45) is 4.48. The van der Waals surface area contributed by atoms with Gasteiger partial charge in [-0.1, -0.05) is 12.5 Å². The van der Waals surface area contributed by atoms with Crippen molar-refractivity contribution in [3.8, 4) is 11.4 Å². The molecule has 132 valence electrons. The molecule has 0 fully saturated rings. The number of nitrogens with zero attached hydrogens (tertiary/aromatic N) is 3.